The fraction of sp³-hybridized carbons (Fsp3) is 0.320. The first-order valence-electron chi connectivity index (χ1n) is 11.0. The molecular weight excluding hydrogens is 404 g/mol. The van der Waals surface area contributed by atoms with Crippen molar-refractivity contribution < 1.29 is 14.7 Å². The number of pyridine rings is 1. The monoisotopic (exact) mass is 430 g/mol. The Morgan fingerprint density at radius 1 is 1.03 bits per heavy atom. The molecule has 1 aromatic heterocycles. The Morgan fingerprint density at radius 2 is 1.88 bits per heavy atom. The van der Waals surface area contributed by atoms with Gasteiger partial charge in [-0.3, -0.25) is 4.79 Å². The molecule has 1 atom stereocenters. The molecule has 1 saturated heterocycles. The topological polar surface area (TPSA) is 94.6 Å². The van der Waals surface area contributed by atoms with Crippen LogP contribution < -0.4 is 10.6 Å². The zero-order chi connectivity index (χ0) is 22.2. The zero-order valence-corrected chi connectivity index (χ0v) is 18.0. The molecule has 0 bridgehead atoms. The van der Waals surface area contributed by atoms with E-state index in [1.54, 1.807) is 11.1 Å². The zero-order valence-electron chi connectivity index (χ0n) is 18.0. The van der Waals surface area contributed by atoms with Gasteiger partial charge in [0.25, 0.3) is 0 Å². The average Bonchev–Trinajstić information content (AvgIpc) is 3.55. The number of anilines is 2. The van der Waals surface area contributed by atoms with E-state index < -0.39 is 6.10 Å². The second kappa shape index (κ2) is 8.24. The van der Waals surface area contributed by atoms with E-state index in [1.165, 1.54) is 0 Å². The molecule has 1 aliphatic heterocycles. The van der Waals surface area contributed by atoms with Crippen molar-refractivity contribution in [2.24, 2.45) is 5.92 Å². The Balaban J connectivity index is 1.37. The van der Waals surface area contributed by atoms with Crippen molar-refractivity contribution in [1.29, 1.82) is 0 Å². The van der Waals surface area contributed by atoms with Crippen molar-refractivity contribution >= 4 is 34.2 Å². The minimum Gasteiger partial charge on any atom is -0.391 e. The number of carbonyl (C=O) groups is 2. The number of hydrogen-bond donors (Lipinski definition) is 3. The smallest absolute Gasteiger partial charge is 0.321 e. The summed E-state index contributed by atoms with van der Waals surface area (Å²) in [5.74, 6) is 0.766. The number of aryl methyl sites for hydroxylation is 1. The number of hydrogen-bond acceptors (Lipinski definition) is 4. The van der Waals surface area contributed by atoms with Crippen molar-refractivity contribution in [3.8, 4) is 11.1 Å². The van der Waals surface area contributed by atoms with E-state index >= 15 is 0 Å². The van der Waals surface area contributed by atoms with E-state index in [1.807, 2.05) is 43.3 Å². The third-order valence-electron chi connectivity index (χ3n) is 6.17. The summed E-state index contributed by atoms with van der Waals surface area (Å²) in [5, 5.41) is 17.5. The van der Waals surface area contributed by atoms with Crippen LogP contribution in [0.4, 0.5) is 16.3 Å². The highest BCUT2D eigenvalue weighted by Crippen LogP contribution is 2.32. The van der Waals surface area contributed by atoms with E-state index in [0.29, 0.717) is 31.0 Å². The van der Waals surface area contributed by atoms with E-state index in [2.05, 4.69) is 21.7 Å². The van der Waals surface area contributed by atoms with Gasteiger partial charge in [0.15, 0.2) is 0 Å². The van der Waals surface area contributed by atoms with Crippen molar-refractivity contribution in [2.75, 3.05) is 23.7 Å². The first-order chi connectivity index (χ1) is 15.5. The molecule has 0 unspecified atom stereocenters. The predicted octanol–water partition coefficient (Wildman–Crippen LogP) is 4.16. The number of amides is 3. The van der Waals surface area contributed by atoms with E-state index in [4.69, 9.17) is 0 Å². The number of aromatic nitrogens is 1. The summed E-state index contributed by atoms with van der Waals surface area (Å²) in [6.45, 7) is 2.97. The lowest BCUT2D eigenvalue weighted by Gasteiger charge is -2.17. The molecule has 3 aromatic rings. The predicted molar refractivity (Wildman–Crippen MR) is 124 cm³/mol. The summed E-state index contributed by atoms with van der Waals surface area (Å²) >= 11 is 0. The first kappa shape index (κ1) is 20.5. The lowest BCUT2D eigenvalue weighted by Crippen LogP contribution is -2.33. The van der Waals surface area contributed by atoms with Gasteiger partial charge in [0, 0.05) is 36.3 Å². The van der Waals surface area contributed by atoms with E-state index in [-0.39, 0.29) is 17.9 Å². The van der Waals surface area contributed by atoms with Crippen LogP contribution in [0.3, 0.4) is 0 Å². The van der Waals surface area contributed by atoms with Gasteiger partial charge in [-0.25, -0.2) is 9.78 Å². The lowest BCUT2D eigenvalue weighted by atomic mass is 9.98. The molecule has 164 valence electrons. The number of urea groups is 1. The Bertz CT molecular complexity index is 1210. The number of rotatable bonds is 4. The van der Waals surface area contributed by atoms with Crippen LogP contribution in [0, 0.1) is 12.8 Å². The van der Waals surface area contributed by atoms with Gasteiger partial charge in [0.05, 0.1) is 6.10 Å². The second-order valence-electron chi connectivity index (χ2n) is 8.74. The minimum absolute atomic E-state index is 0.0476. The number of benzene rings is 2. The molecule has 1 aliphatic carbocycles. The van der Waals surface area contributed by atoms with E-state index in [9.17, 15) is 14.7 Å². The van der Waals surface area contributed by atoms with Crippen molar-refractivity contribution in [3.05, 3.63) is 54.2 Å². The standard InChI is InChI=1S/C25H26N4O3/c1-15-2-7-20(27-25(32)29-9-8-21(30)14-29)12-22(15)18-6-5-17-11-23(26-13-19(17)10-18)28-24(31)16-3-4-16/h2,5-7,10-13,16,21,30H,3-4,8-9,14H2,1H3,(H,27,32)(H,26,28,31)/t21-/m1/s1. The summed E-state index contributed by atoms with van der Waals surface area (Å²) in [6, 6.07) is 13.7. The molecule has 7 heteroatoms. The fourth-order valence-corrected chi connectivity index (χ4v) is 4.09. The highest BCUT2D eigenvalue weighted by atomic mass is 16.3. The second-order valence-corrected chi connectivity index (χ2v) is 8.74. The largest absolute Gasteiger partial charge is 0.391 e. The van der Waals surface area contributed by atoms with Crippen LogP contribution in [0.1, 0.15) is 24.8 Å². The molecule has 2 heterocycles. The van der Waals surface area contributed by atoms with Crippen LogP contribution in [-0.4, -0.2) is 46.1 Å². The highest BCUT2D eigenvalue weighted by Gasteiger charge is 2.29. The van der Waals surface area contributed by atoms with Crippen molar-refractivity contribution in [3.63, 3.8) is 0 Å². The van der Waals surface area contributed by atoms with Crippen molar-refractivity contribution in [2.45, 2.75) is 32.3 Å². The van der Waals surface area contributed by atoms with Crippen molar-refractivity contribution in [1.82, 2.24) is 9.88 Å². The van der Waals surface area contributed by atoms with E-state index in [0.717, 1.165) is 40.3 Å². The number of aliphatic hydroxyl groups excluding tert-OH is 1. The minimum atomic E-state index is -0.442. The molecule has 2 aromatic carbocycles. The molecule has 0 radical (unpaired) electrons. The molecule has 1 saturated carbocycles. The third kappa shape index (κ3) is 4.29. The van der Waals surface area contributed by atoms with Gasteiger partial charge in [-0.15, -0.1) is 0 Å². The summed E-state index contributed by atoms with van der Waals surface area (Å²) in [6.07, 6.45) is 3.87. The Labute approximate surface area is 186 Å². The number of carbonyl (C=O) groups excluding carboxylic acids is 2. The molecule has 2 fully saturated rings. The lowest BCUT2D eigenvalue weighted by molar-refractivity contribution is -0.117. The van der Waals surface area contributed by atoms with Gasteiger partial charge in [0.1, 0.15) is 5.82 Å². The molecule has 3 N–H and O–H groups in total. The third-order valence-corrected chi connectivity index (χ3v) is 6.17. The molecule has 32 heavy (non-hydrogen) atoms. The molecule has 2 aliphatic rings. The molecule has 7 nitrogen and oxygen atoms in total. The fourth-order valence-electron chi connectivity index (χ4n) is 4.09. The number of nitrogens with zero attached hydrogens (tertiary/aromatic N) is 2. The molecule has 5 rings (SSSR count). The summed E-state index contributed by atoms with van der Waals surface area (Å²) in [7, 11) is 0. The summed E-state index contributed by atoms with van der Waals surface area (Å²) < 4.78 is 0. The van der Waals surface area contributed by atoms with Crippen LogP contribution in [0.2, 0.25) is 0 Å². The van der Waals surface area contributed by atoms with Crippen LogP contribution in [0.15, 0.2) is 48.7 Å². The normalized spacial score (nSPS) is 18.1. The number of aliphatic hydroxyl groups is 1. The molecule has 3 amide bonds. The maximum Gasteiger partial charge on any atom is 0.321 e. The highest BCUT2D eigenvalue weighted by molar-refractivity contribution is 5.96. The maximum atomic E-state index is 12.5. The summed E-state index contributed by atoms with van der Waals surface area (Å²) in [5.41, 5.74) is 3.87. The number of nitrogens with one attached hydrogen (secondary N) is 2. The molecular formula is C25H26N4O3. The Kier molecular flexibility index (Phi) is 5.27. The van der Waals surface area contributed by atoms with Gasteiger partial charge in [-0.05, 0) is 72.5 Å². The number of fused-ring (bicyclic) bond motifs is 1. The van der Waals surface area contributed by atoms with Crippen LogP contribution >= 0.6 is 0 Å². The van der Waals surface area contributed by atoms with Gasteiger partial charge < -0.3 is 20.6 Å². The van der Waals surface area contributed by atoms with Gasteiger partial charge in [0.2, 0.25) is 5.91 Å². The number of β-amino-alcohol motifs (C(OH)–C–C–N with tert-alkyl or cyclic N) is 1. The van der Waals surface area contributed by atoms with Crippen LogP contribution in [0.5, 0.6) is 0 Å². The Morgan fingerprint density at radius 3 is 2.62 bits per heavy atom. The maximum absolute atomic E-state index is 12.5. The van der Waals surface area contributed by atoms with Crippen LogP contribution in [-0.2, 0) is 4.79 Å². The molecule has 0 spiro atoms. The van der Waals surface area contributed by atoms with Gasteiger partial charge in [-0.2, -0.15) is 0 Å². The van der Waals surface area contributed by atoms with Gasteiger partial charge in [-0.1, -0.05) is 18.2 Å². The number of likely N-dealkylation sites (tertiary alicyclic amines) is 1. The Hall–Kier alpha value is -3.45. The first-order valence-corrected chi connectivity index (χ1v) is 11.0. The van der Waals surface area contributed by atoms with Gasteiger partial charge >= 0.3 is 6.03 Å². The average molecular weight is 431 g/mol. The SMILES string of the molecule is Cc1ccc(NC(=O)N2CC[C@@H](O)C2)cc1-c1ccc2cc(NC(=O)C3CC3)ncc2c1. The summed E-state index contributed by atoms with van der Waals surface area (Å²) in [4.78, 5) is 30.5. The quantitative estimate of drug-likeness (QED) is 0.579. The van der Waals surface area contributed by atoms with Crippen LogP contribution in [0.25, 0.3) is 21.9 Å².